The molecule has 4 rings (SSSR count). The van der Waals surface area contributed by atoms with Gasteiger partial charge in [0.2, 0.25) is 0 Å². The van der Waals surface area contributed by atoms with Crippen molar-refractivity contribution in [3.8, 4) is 5.75 Å². The van der Waals surface area contributed by atoms with Crippen LogP contribution in [0.5, 0.6) is 5.75 Å². The van der Waals surface area contributed by atoms with Crippen LogP contribution in [0.3, 0.4) is 0 Å². The number of furan rings is 1. The van der Waals surface area contributed by atoms with Crippen LogP contribution in [0.15, 0.2) is 83.1 Å². The molecule has 1 aliphatic heterocycles. The van der Waals surface area contributed by atoms with Gasteiger partial charge in [0.05, 0.1) is 25.5 Å². The van der Waals surface area contributed by atoms with Gasteiger partial charge in [0, 0.05) is 11.8 Å². The molecule has 0 saturated heterocycles. The van der Waals surface area contributed by atoms with E-state index in [0.29, 0.717) is 28.3 Å². The molecule has 0 radical (unpaired) electrons. The van der Waals surface area contributed by atoms with Crippen molar-refractivity contribution in [2.24, 2.45) is 0 Å². The Bertz CT molecular complexity index is 1040. The summed E-state index contributed by atoms with van der Waals surface area (Å²) in [7, 11) is 1.57. The lowest BCUT2D eigenvalue weighted by molar-refractivity contribution is -0.137. The van der Waals surface area contributed by atoms with Gasteiger partial charge in [0.25, 0.3) is 11.8 Å². The number of anilines is 1. The van der Waals surface area contributed by atoms with E-state index in [0.717, 1.165) is 0 Å². The van der Waals surface area contributed by atoms with Crippen molar-refractivity contribution < 1.29 is 18.7 Å². The summed E-state index contributed by atoms with van der Waals surface area (Å²) in [6.45, 7) is 0.0737. The van der Waals surface area contributed by atoms with E-state index < -0.39 is 5.91 Å². The van der Waals surface area contributed by atoms with Crippen LogP contribution in [0.2, 0.25) is 0 Å². The number of nitrogens with one attached hydrogen (secondary N) is 1. The summed E-state index contributed by atoms with van der Waals surface area (Å²) in [6.07, 6.45) is 1.52. The molecule has 0 aliphatic carbocycles. The lowest BCUT2D eigenvalue weighted by atomic mass is 10.0. The zero-order chi connectivity index (χ0) is 19.5. The molecule has 140 valence electrons. The fraction of sp³-hybridized carbons (Fsp3) is 0.0909. The van der Waals surface area contributed by atoms with Gasteiger partial charge in [-0.05, 0) is 29.8 Å². The molecule has 28 heavy (non-hydrogen) atoms. The summed E-state index contributed by atoms with van der Waals surface area (Å²) in [5.74, 6) is 0.425. The van der Waals surface area contributed by atoms with Crippen molar-refractivity contribution in [1.29, 1.82) is 0 Å². The Kier molecular flexibility index (Phi) is 4.68. The number of methoxy groups -OCH3 is 1. The first-order chi connectivity index (χ1) is 13.7. The number of rotatable bonds is 6. The SMILES string of the molecule is COc1cccc(NC2=C(c3ccccc3)C(=O)N(Cc3ccco3)C2=O)c1. The van der Waals surface area contributed by atoms with Gasteiger partial charge in [-0.2, -0.15) is 0 Å². The molecule has 1 N–H and O–H groups in total. The first kappa shape index (κ1) is 17.6. The number of hydrogen-bond acceptors (Lipinski definition) is 5. The molecule has 2 heterocycles. The third-order valence-electron chi connectivity index (χ3n) is 4.46. The van der Waals surface area contributed by atoms with E-state index in [1.807, 2.05) is 48.5 Å². The van der Waals surface area contributed by atoms with Crippen LogP contribution in [0, 0.1) is 0 Å². The van der Waals surface area contributed by atoms with Gasteiger partial charge in [0.15, 0.2) is 0 Å². The molecule has 1 aromatic heterocycles. The Morgan fingerprint density at radius 1 is 0.964 bits per heavy atom. The highest BCUT2D eigenvalue weighted by molar-refractivity contribution is 6.36. The molecule has 0 fully saturated rings. The monoisotopic (exact) mass is 374 g/mol. The summed E-state index contributed by atoms with van der Waals surface area (Å²) in [6, 6.07) is 19.8. The van der Waals surface area contributed by atoms with Crippen molar-refractivity contribution in [1.82, 2.24) is 4.90 Å². The molecule has 0 saturated carbocycles. The van der Waals surface area contributed by atoms with Crippen molar-refractivity contribution in [2.45, 2.75) is 6.54 Å². The van der Waals surface area contributed by atoms with Crippen LogP contribution in [0.4, 0.5) is 5.69 Å². The predicted molar refractivity (Wildman–Crippen MR) is 104 cm³/mol. The molecular weight excluding hydrogens is 356 g/mol. The zero-order valence-electron chi connectivity index (χ0n) is 15.2. The van der Waals surface area contributed by atoms with Gasteiger partial charge in [0.1, 0.15) is 17.2 Å². The first-order valence-corrected chi connectivity index (χ1v) is 8.76. The van der Waals surface area contributed by atoms with Gasteiger partial charge in [-0.1, -0.05) is 36.4 Å². The minimum atomic E-state index is -0.400. The van der Waals surface area contributed by atoms with Gasteiger partial charge < -0.3 is 14.5 Å². The maximum Gasteiger partial charge on any atom is 0.278 e. The highest BCUT2D eigenvalue weighted by atomic mass is 16.5. The number of ether oxygens (including phenoxy) is 1. The first-order valence-electron chi connectivity index (χ1n) is 8.76. The van der Waals surface area contributed by atoms with Gasteiger partial charge >= 0.3 is 0 Å². The number of benzene rings is 2. The van der Waals surface area contributed by atoms with E-state index in [-0.39, 0.29) is 18.1 Å². The molecule has 0 bridgehead atoms. The normalized spacial score (nSPS) is 14.0. The van der Waals surface area contributed by atoms with Crippen LogP contribution in [-0.4, -0.2) is 23.8 Å². The average molecular weight is 374 g/mol. The average Bonchev–Trinajstić information content (AvgIpc) is 3.32. The highest BCUT2D eigenvalue weighted by Gasteiger charge is 2.39. The smallest absolute Gasteiger partial charge is 0.278 e. The number of amides is 2. The molecule has 2 amide bonds. The predicted octanol–water partition coefficient (Wildman–Crippen LogP) is 3.68. The standard InChI is InChI=1S/C22H18N2O4/c1-27-17-10-5-9-16(13-17)23-20-19(15-7-3-2-4-8-15)21(25)24(22(20)26)14-18-11-6-12-28-18/h2-13,23H,14H2,1H3. The molecule has 0 atom stereocenters. The van der Waals surface area contributed by atoms with Crippen LogP contribution in [0.25, 0.3) is 5.57 Å². The third-order valence-corrected chi connectivity index (χ3v) is 4.46. The number of nitrogens with zero attached hydrogens (tertiary/aromatic N) is 1. The second kappa shape index (κ2) is 7.44. The van der Waals surface area contributed by atoms with E-state index in [4.69, 9.17) is 9.15 Å². The molecule has 1 aliphatic rings. The van der Waals surface area contributed by atoms with Crippen molar-refractivity contribution in [2.75, 3.05) is 12.4 Å². The summed E-state index contributed by atoms with van der Waals surface area (Å²) >= 11 is 0. The third kappa shape index (κ3) is 3.27. The molecule has 6 nitrogen and oxygen atoms in total. The van der Waals surface area contributed by atoms with E-state index in [2.05, 4.69) is 5.32 Å². The lowest BCUT2D eigenvalue weighted by Gasteiger charge is -2.13. The van der Waals surface area contributed by atoms with Crippen molar-refractivity contribution >= 4 is 23.1 Å². The number of carbonyl (C=O) groups excluding carboxylic acids is 2. The minimum absolute atomic E-state index is 0.0737. The van der Waals surface area contributed by atoms with Gasteiger partial charge in [-0.3, -0.25) is 14.5 Å². The Labute approximate surface area is 162 Å². The minimum Gasteiger partial charge on any atom is -0.497 e. The molecule has 0 unspecified atom stereocenters. The fourth-order valence-electron chi connectivity index (χ4n) is 3.11. The quantitative estimate of drug-likeness (QED) is 0.667. The van der Waals surface area contributed by atoms with Crippen LogP contribution in [0.1, 0.15) is 11.3 Å². The second-order valence-electron chi connectivity index (χ2n) is 6.25. The fourth-order valence-corrected chi connectivity index (χ4v) is 3.11. The second-order valence-corrected chi connectivity index (χ2v) is 6.25. The zero-order valence-corrected chi connectivity index (χ0v) is 15.2. The molecule has 2 aromatic carbocycles. The summed E-state index contributed by atoms with van der Waals surface area (Å²) in [4.78, 5) is 27.4. The van der Waals surface area contributed by atoms with Gasteiger partial charge in [-0.15, -0.1) is 0 Å². The molecule has 6 heteroatoms. The Morgan fingerprint density at radius 2 is 1.79 bits per heavy atom. The van der Waals surface area contributed by atoms with E-state index in [1.54, 1.807) is 25.3 Å². The Balaban J connectivity index is 1.74. The van der Waals surface area contributed by atoms with Crippen molar-refractivity contribution in [3.05, 3.63) is 90.0 Å². The largest absolute Gasteiger partial charge is 0.497 e. The van der Waals surface area contributed by atoms with E-state index in [1.165, 1.54) is 11.2 Å². The summed E-state index contributed by atoms with van der Waals surface area (Å²) in [5.41, 5.74) is 1.90. The van der Waals surface area contributed by atoms with Crippen LogP contribution >= 0.6 is 0 Å². The number of hydrogen-bond donors (Lipinski definition) is 1. The number of imide groups is 1. The van der Waals surface area contributed by atoms with Crippen LogP contribution in [-0.2, 0) is 16.1 Å². The van der Waals surface area contributed by atoms with E-state index in [9.17, 15) is 9.59 Å². The van der Waals surface area contributed by atoms with E-state index >= 15 is 0 Å². The topological polar surface area (TPSA) is 71.8 Å². The number of carbonyl (C=O) groups is 2. The lowest BCUT2D eigenvalue weighted by Crippen LogP contribution is -2.31. The van der Waals surface area contributed by atoms with Crippen LogP contribution < -0.4 is 10.1 Å². The maximum absolute atomic E-state index is 13.1. The van der Waals surface area contributed by atoms with Crippen molar-refractivity contribution in [3.63, 3.8) is 0 Å². The summed E-state index contributed by atoms with van der Waals surface area (Å²) < 4.78 is 10.6. The molecule has 0 spiro atoms. The molecule has 3 aromatic rings. The highest BCUT2D eigenvalue weighted by Crippen LogP contribution is 2.32. The Hall–Kier alpha value is -3.80. The Morgan fingerprint density at radius 3 is 2.50 bits per heavy atom. The maximum atomic E-state index is 13.1. The van der Waals surface area contributed by atoms with Gasteiger partial charge in [-0.25, -0.2) is 0 Å². The molecular formula is C22H18N2O4. The summed E-state index contributed by atoms with van der Waals surface area (Å²) in [5, 5.41) is 3.11.